The van der Waals surface area contributed by atoms with Crippen LogP contribution in [0.3, 0.4) is 0 Å². The molecular formula is C17H17BrFNO. The van der Waals surface area contributed by atoms with Crippen LogP contribution in [0.15, 0.2) is 53.0 Å². The van der Waals surface area contributed by atoms with E-state index in [1.54, 1.807) is 12.1 Å². The highest BCUT2D eigenvalue weighted by molar-refractivity contribution is 9.10. The summed E-state index contributed by atoms with van der Waals surface area (Å²) in [6.45, 7) is 1.38. The molecule has 2 rings (SSSR count). The van der Waals surface area contributed by atoms with Crippen LogP contribution in [-0.4, -0.2) is 24.3 Å². The van der Waals surface area contributed by atoms with Gasteiger partial charge in [0.05, 0.1) is 0 Å². The summed E-state index contributed by atoms with van der Waals surface area (Å²) in [5.41, 5.74) is 1.77. The topological polar surface area (TPSA) is 20.3 Å². The van der Waals surface area contributed by atoms with Gasteiger partial charge in [-0.15, -0.1) is 0 Å². The zero-order valence-corrected chi connectivity index (χ0v) is 13.4. The van der Waals surface area contributed by atoms with Crippen LogP contribution in [-0.2, 0) is 6.54 Å². The quantitative estimate of drug-likeness (QED) is 0.725. The van der Waals surface area contributed by atoms with Crippen LogP contribution in [0.1, 0.15) is 22.3 Å². The molecule has 2 nitrogen and oxygen atoms in total. The lowest BCUT2D eigenvalue weighted by molar-refractivity contribution is 0.0968. The number of carbonyl (C=O) groups excluding carboxylic acids is 1. The molecule has 0 radical (unpaired) electrons. The van der Waals surface area contributed by atoms with Gasteiger partial charge in [-0.2, -0.15) is 0 Å². The normalized spacial score (nSPS) is 10.9. The fraction of sp³-hybridized carbons (Fsp3) is 0.235. The maximum atomic E-state index is 12.8. The average molecular weight is 350 g/mol. The number of rotatable bonds is 6. The number of hydrogen-bond donors (Lipinski definition) is 0. The summed E-state index contributed by atoms with van der Waals surface area (Å²) < 4.78 is 13.8. The Morgan fingerprint density at radius 1 is 1.10 bits per heavy atom. The molecule has 0 heterocycles. The number of hydrogen-bond acceptors (Lipinski definition) is 2. The SMILES string of the molecule is CN(CCC(=O)c1ccc(Br)cc1)Cc1ccc(F)cc1. The van der Waals surface area contributed by atoms with Crippen LogP contribution >= 0.6 is 15.9 Å². The van der Waals surface area contributed by atoms with Gasteiger partial charge in [-0.3, -0.25) is 4.79 Å². The van der Waals surface area contributed by atoms with Crippen molar-refractivity contribution in [2.75, 3.05) is 13.6 Å². The minimum Gasteiger partial charge on any atom is -0.302 e. The number of Topliss-reactive ketones (excluding diaryl/α,β-unsaturated/α-hetero) is 1. The molecule has 0 aliphatic carbocycles. The maximum absolute atomic E-state index is 12.8. The van der Waals surface area contributed by atoms with Crippen molar-refractivity contribution in [1.29, 1.82) is 0 Å². The van der Waals surface area contributed by atoms with Crippen LogP contribution in [0.4, 0.5) is 4.39 Å². The molecule has 2 aromatic rings. The largest absolute Gasteiger partial charge is 0.302 e. The third kappa shape index (κ3) is 5.06. The lowest BCUT2D eigenvalue weighted by atomic mass is 10.1. The third-order valence-corrected chi connectivity index (χ3v) is 3.78. The zero-order valence-electron chi connectivity index (χ0n) is 11.9. The molecule has 0 fully saturated rings. The molecule has 0 saturated carbocycles. The summed E-state index contributed by atoms with van der Waals surface area (Å²) in [6, 6.07) is 13.8. The standard InChI is InChI=1S/C17H17BrFNO/c1-20(12-13-2-8-16(19)9-3-13)11-10-17(21)14-4-6-15(18)7-5-14/h2-9H,10-12H2,1H3. The van der Waals surface area contributed by atoms with Crippen LogP contribution in [0.5, 0.6) is 0 Å². The molecule has 0 saturated heterocycles. The van der Waals surface area contributed by atoms with Gasteiger partial charge < -0.3 is 4.90 Å². The number of nitrogens with zero attached hydrogens (tertiary/aromatic N) is 1. The molecular weight excluding hydrogens is 333 g/mol. The monoisotopic (exact) mass is 349 g/mol. The predicted molar refractivity (Wildman–Crippen MR) is 85.8 cm³/mol. The fourth-order valence-corrected chi connectivity index (χ4v) is 2.32. The van der Waals surface area contributed by atoms with E-state index in [4.69, 9.17) is 0 Å². The second-order valence-corrected chi connectivity index (χ2v) is 5.96. The highest BCUT2D eigenvalue weighted by Gasteiger charge is 2.08. The van der Waals surface area contributed by atoms with Crippen LogP contribution in [0, 0.1) is 5.82 Å². The van der Waals surface area contributed by atoms with Gasteiger partial charge in [0.15, 0.2) is 5.78 Å². The number of halogens is 2. The minimum atomic E-state index is -0.230. The van der Waals surface area contributed by atoms with Crippen molar-refractivity contribution in [2.24, 2.45) is 0 Å². The summed E-state index contributed by atoms with van der Waals surface area (Å²) in [5.74, 6) is -0.0970. The molecule has 0 atom stereocenters. The minimum absolute atomic E-state index is 0.133. The van der Waals surface area contributed by atoms with Crippen molar-refractivity contribution in [3.63, 3.8) is 0 Å². The van der Waals surface area contributed by atoms with Gasteiger partial charge in [0.1, 0.15) is 5.82 Å². The summed E-state index contributed by atoms with van der Waals surface area (Å²) in [4.78, 5) is 14.1. The van der Waals surface area contributed by atoms with E-state index in [9.17, 15) is 9.18 Å². The summed E-state index contributed by atoms with van der Waals surface area (Å²) in [7, 11) is 1.96. The Morgan fingerprint density at radius 2 is 1.71 bits per heavy atom. The van der Waals surface area contributed by atoms with Crippen molar-refractivity contribution in [3.8, 4) is 0 Å². The fourth-order valence-electron chi connectivity index (χ4n) is 2.05. The number of ketones is 1. The van der Waals surface area contributed by atoms with Crippen molar-refractivity contribution in [2.45, 2.75) is 13.0 Å². The van der Waals surface area contributed by atoms with E-state index in [2.05, 4.69) is 20.8 Å². The summed E-state index contributed by atoms with van der Waals surface area (Å²) in [5, 5.41) is 0. The predicted octanol–water partition coefficient (Wildman–Crippen LogP) is 4.29. The Labute approximate surface area is 132 Å². The third-order valence-electron chi connectivity index (χ3n) is 3.25. The van der Waals surface area contributed by atoms with Crippen LogP contribution < -0.4 is 0 Å². The molecule has 0 bridgehead atoms. The molecule has 110 valence electrons. The lowest BCUT2D eigenvalue weighted by Crippen LogP contribution is -2.21. The van der Waals surface area contributed by atoms with Crippen LogP contribution in [0.25, 0.3) is 0 Å². The van der Waals surface area contributed by atoms with E-state index in [0.717, 1.165) is 15.6 Å². The molecule has 0 unspecified atom stereocenters. The first-order valence-electron chi connectivity index (χ1n) is 6.76. The Kier molecular flexibility index (Phi) is 5.65. The van der Waals surface area contributed by atoms with Gasteiger partial charge in [0.25, 0.3) is 0 Å². The number of benzene rings is 2. The molecule has 0 N–H and O–H groups in total. The highest BCUT2D eigenvalue weighted by Crippen LogP contribution is 2.12. The molecule has 0 aliphatic heterocycles. The Balaban J connectivity index is 1.83. The maximum Gasteiger partial charge on any atom is 0.164 e. The molecule has 0 aliphatic rings. The Hall–Kier alpha value is -1.52. The van der Waals surface area contributed by atoms with Crippen molar-refractivity contribution in [3.05, 3.63) is 69.9 Å². The van der Waals surface area contributed by atoms with E-state index < -0.39 is 0 Å². The summed E-state index contributed by atoms with van der Waals surface area (Å²) in [6.07, 6.45) is 0.472. The first kappa shape index (κ1) is 15.9. The van der Waals surface area contributed by atoms with E-state index in [0.29, 0.717) is 19.5 Å². The van der Waals surface area contributed by atoms with Crippen molar-refractivity contribution < 1.29 is 9.18 Å². The number of carbonyl (C=O) groups is 1. The van der Waals surface area contributed by atoms with E-state index >= 15 is 0 Å². The van der Waals surface area contributed by atoms with Gasteiger partial charge in [0.2, 0.25) is 0 Å². The summed E-state index contributed by atoms with van der Waals surface area (Å²) >= 11 is 3.35. The Bertz CT molecular complexity index is 595. The van der Waals surface area contributed by atoms with E-state index in [1.807, 2.05) is 31.3 Å². The second kappa shape index (κ2) is 7.48. The second-order valence-electron chi connectivity index (χ2n) is 5.04. The van der Waals surface area contributed by atoms with Gasteiger partial charge in [-0.1, -0.05) is 40.2 Å². The molecule has 2 aromatic carbocycles. The lowest BCUT2D eigenvalue weighted by Gasteiger charge is -2.16. The first-order chi connectivity index (χ1) is 10.0. The van der Waals surface area contributed by atoms with Gasteiger partial charge >= 0.3 is 0 Å². The molecule has 0 amide bonds. The zero-order chi connectivity index (χ0) is 15.2. The molecule has 0 aromatic heterocycles. The first-order valence-corrected chi connectivity index (χ1v) is 7.55. The van der Waals surface area contributed by atoms with Gasteiger partial charge in [0, 0.05) is 29.5 Å². The molecule has 4 heteroatoms. The molecule has 21 heavy (non-hydrogen) atoms. The van der Waals surface area contributed by atoms with Crippen molar-refractivity contribution in [1.82, 2.24) is 4.90 Å². The van der Waals surface area contributed by atoms with Gasteiger partial charge in [-0.05, 0) is 36.9 Å². The highest BCUT2D eigenvalue weighted by atomic mass is 79.9. The van der Waals surface area contributed by atoms with Gasteiger partial charge in [-0.25, -0.2) is 4.39 Å². The Morgan fingerprint density at radius 3 is 2.33 bits per heavy atom. The van der Waals surface area contributed by atoms with Crippen molar-refractivity contribution >= 4 is 21.7 Å². The molecule has 0 spiro atoms. The van der Waals surface area contributed by atoms with E-state index in [1.165, 1.54) is 12.1 Å². The van der Waals surface area contributed by atoms with Crippen LogP contribution in [0.2, 0.25) is 0 Å². The average Bonchev–Trinajstić information content (AvgIpc) is 2.48. The van der Waals surface area contributed by atoms with E-state index in [-0.39, 0.29) is 11.6 Å². The smallest absolute Gasteiger partial charge is 0.164 e.